The number of carbonyl (C=O) groups is 3. The number of anilines is 1. The van der Waals surface area contributed by atoms with E-state index in [1.165, 1.54) is 0 Å². The number of piperazine rings is 1. The molecule has 0 saturated carbocycles. The summed E-state index contributed by atoms with van der Waals surface area (Å²) >= 11 is 0. The highest BCUT2D eigenvalue weighted by atomic mass is 16.6. The molecule has 3 aromatic carbocycles. The number of carbonyl (C=O) groups excluding carboxylic acids is 3. The van der Waals surface area contributed by atoms with E-state index in [1.807, 2.05) is 75.9 Å². The number of nitrogens with zero attached hydrogens (tertiary/aromatic N) is 5. The first kappa shape index (κ1) is 26.0. The molecule has 3 aliphatic heterocycles. The SMILES string of the molecule is O=C1NC(=O)c2c1c1c3ccccc3n3c1c1c2c2ccccc2n1CC(OC(=O)N1CCN(c2ccccn2)CC1)C(O)C3. The van der Waals surface area contributed by atoms with Crippen molar-refractivity contribution in [3.63, 3.8) is 0 Å². The van der Waals surface area contributed by atoms with Crippen molar-refractivity contribution in [1.29, 1.82) is 0 Å². The Kier molecular flexibility index (Phi) is 5.52. The second-order valence-electron chi connectivity index (χ2n) is 11.9. The first-order valence-electron chi connectivity index (χ1n) is 15.1. The molecule has 6 aromatic rings. The second kappa shape index (κ2) is 9.54. The van der Waals surface area contributed by atoms with E-state index in [2.05, 4.69) is 15.2 Å². The summed E-state index contributed by atoms with van der Waals surface area (Å²) in [4.78, 5) is 48.5. The first-order valence-corrected chi connectivity index (χ1v) is 15.1. The highest BCUT2D eigenvalue weighted by molar-refractivity contribution is 6.39. The van der Waals surface area contributed by atoms with Crippen molar-refractivity contribution in [1.82, 2.24) is 24.3 Å². The number of hydrogen-bond acceptors (Lipinski definition) is 7. The number of fused-ring (bicyclic) bond motifs is 9. The summed E-state index contributed by atoms with van der Waals surface area (Å²) in [7, 11) is 0. The molecule has 3 aliphatic rings. The molecule has 0 bridgehead atoms. The maximum absolute atomic E-state index is 13.6. The number of pyridine rings is 1. The summed E-state index contributed by atoms with van der Waals surface area (Å²) in [5.74, 6) is 0.0241. The van der Waals surface area contributed by atoms with Gasteiger partial charge in [-0.15, -0.1) is 0 Å². The number of ether oxygens (including phenoxy) is 1. The summed E-state index contributed by atoms with van der Waals surface area (Å²) in [5, 5.41) is 17.3. The first-order chi connectivity index (χ1) is 22.0. The minimum absolute atomic E-state index is 0.139. The van der Waals surface area contributed by atoms with E-state index in [9.17, 15) is 19.5 Å². The lowest BCUT2D eigenvalue weighted by Gasteiger charge is -2.36. The van der Waals surface area contributed by atoms with Crippen LogP contribution in [0, 0.1) is 0 Å². The molecule has 0 aliphatic carbocycles. The van der Waals surface area contributed by atoms with Crippen LogP contribution in [-0.4, -0.2) is 80.4 Å². The van der Waals surface area contributed by atoms with Gasteiger partial charge in [0.15, 0.2) is 0 Å². The maximum atomic E-state index is 13.6. The van der Waals surface area contributed by atoms with E-state index in [0.717, 1.165) is 38.7 Å². The molecule has 1 saturated heterocycles. The number of hydrogen-bond donors (Lipinski definition) is 2. The van der Waals surface area contributed by atoms with Crippen LogP contribution in [0.4, 0.5) is 10.6 Å². The number of para-hydroxylation sites is 2. The fourth-order valence-electron chi connectivity index (χ4n) is 7.50. The van der Waals surface area contributed by atoms with Gasteiger partial charge in [-0.05, 0) is 24.3 Å². The van der Waals surface area contributed by atoms with E-state index in [4.69, 9.17) is 4.74 Å². The molecular formula is C34H28N6O5. The molecule has 11 heteroatoms. The van der Waals surface area contributed by atoms with Gasteiger partial charge in [0.2, 0.25) is 0 Å². The maximum Gasteiger partial charge on any atom is 0.410 e. The molecular weight excluding hydrogens is 572 g/mol. The van der Waals surface area contributed by atoms with E-state index in [-0.39, 0.29) is 13.1 Å². The van der Waals surface area contributed by atoms with Gasteiger partial charge in [-0.3, -0.25) is 14.9 Å². The Morgan fingerprint density at radius 1 is 0.778 bits per heavy atom. The molecule has 11 nitrogen and oxygen atoms in total. The quantitative estimate of drug-likeness (QED) is 0.289. The lowest BCUT2D eigenvalue weighted by atomic mass is 9.96. The molecule has 1 fully saturated rings. The number of aliphatic hydroxyl groups is 1. The van der Waals surface area contributed by atoms with Gasteiger partial charge in [0.25, 0.3) is 11.8 Å². The molecule has 3 amide bonds. The van der Waals surface area contributed by atoms with Crippen LogP contribution < -0.4 is 10.2 Å². The third kappa shape index (κ3) is 3.67. The van der Waals surface area contributed by atoms with Crippen LogP contribution in [-0.2, 0) is 17.8 Å². The number of amides is 3. The monoisotopic (exact) mass is 600 g/mol. The summed E-state index contributed by atoms with van der Waals surface area (Å²) < 4.78 is 10.2. The van der Waals surface area contributed by atoms with Crippen molar-refractivity contribution >= 4 is 67.3 Å². The van der Waals surface area contributed by atoms with Crippen molar-refractivity contribution in [3.8, 4) is 0 Å². The molecule has 2 N–H and O–H groups in total. The van der Waals surface area contributed by atoms with Gasteiger partial charge in [0, 0.05) is 65.0 Å². The Morgan fingerprint density at radius 3 is 1.96 bits per heavy atom. The highest BCUT2D eigenvalue weighted by Gasteiger charge is 2.39. The Labute approximate surface area is 256 Å². The summed E-state index contributed by atoms with van der Waals surface area (Å²) in [6.07, 6.45) is -0.643. The minimum Gasteiger partial charge on any atom is -0.441 e. The Bertz CT molecular complexity index is 2230. The third-order valence-electron chi connectivity index (χ3n) is 9.52. The lowest BCUT2D eigenvalue weighted by molar-refractivity contribution is -0.0254. The van der Waals surface area contributed by atoms with Crippen molar-refractivity contribution in [3.05, 3.63) is 84.1 Å². The van der Waals surface area contributed by atoms with Crippen LogP contribution in [0.25, 0.3) is 43.6 Å². The van der Waals surface area contributed by atoms with Crippen LogP contribution >= 0.6 is 0 Å². The van der Waals surface area contributed by atoms with Crippen molar-refractivity contribution in [2.45, 2.75) is 25.3 Å². The van der Waals surface area contributed by atoms with E-state index in [1.54, 1.807) is 11.1 Å². The Morgan fingerprint density at radius 2 is 1.36 bits per heavy atom. The molecule has 0 spiro atoms. The molecule has 3 aromatic heterocycles. The van der Waals surface area contributed by atoms with E-state index in [0.29, 0.717) is 48.1 Å². The van der Waals surface area contributed by atoms with Gasteiger partial charge in [-0.1, -0.05) is 42.5 Å². The zero-order chi connectivity index (χ0) is 30.4. The molecule has 2 unspecified atom stereocenters. The average molecular weight is 601 g/mol. The number of aliphatic hydroxyl groups excluding tert-OH is 1. The van der Waals surface area contributed by atoms with Gasteiger partial charge < -0.3 is 28.8 Å². The van der Waals surface area contributed by atoms with Gasteiger partial charge in [-0.2, -0.15) is 0 Å². The Hall–Kier alpha value is -5.42. The smallest absolute Gasteiger partial charge is 0.410 e. The van der Waals surface area contributed by atoms with Crippen molar-refractivity contribution in [2.75, 3.05) is 31.1 Å². The molecule has 45 heavy (non-hydrogen) atoms. The highest BCUT2D eigenvalue weighted by Crippen LogP contribution is 2.45. The molecule has 2 atom stereocenters. The van der Waals surface area contributed by atoms with Gasteiger partial charge in [0.05, 0.1) is 35.2 Å². The number of rotatable bonds is 2. The second-order valence-corrected chi connectivity index (χ2v) is 11.9. The molecule has 0 radical (unpaired) electrons. The summed E-state index contributed by atoms with van der Waals surface area (Å²) in [5.41, 5.74) is 3.93. The predicted molar refractivity (Wildman–Crippen MR) is 169 cm³/mol. The molecule has 224 valence electrons. The van der Waals surface area contributed by atoms with Crippen LogP contribution in [0.3, 0.4) is 0 Å². The minimum atomic E-state index is -1.05. The van der Waals surface area contributed by atoms with E-state index >= 15 is 0 Å². The predicted octanol–water partition coefficient (Wildman–Crippen LogP) is 3.88. The molecule has 9 rings (SSSR count). The fraction of sp³-hybridized carbons (Fsp3) is 0.235. The van der Waals surface area contributed by atoms with Crippen LogP contribution in [0.2, 0.25) is 0 Å². The number of imide groups is 1. The average Bonchev–Trinajstić information content (AvgIpc) is 3.67. The summed E-state index contributed by atoms with van der Waals surface area (Å²) in [6, 6.07) is 21.2. The number of aromatic nitrogens is 3. The number of benzene rings is 3. The zero-order valence-corrected chi connectivity index (χ0v) is 24.1. The van der Waals surface area contributed by atoms with Gasteiger partial charge in [0.1, 0.15) is 18.0 Å². The summed E-state index contributed by atoms with van der Waals surface area (Å²) in [6.45, 7) is 2.49. The van der Waals surface area contributed by atoms with Gasteiger partial charge in [-0.25, -0.2) is 9.78 Å². The van der Waals surface area contributed by atoms with Gasteiger partial charge >= 0.3 is 6.09 Å². The largest absolute Gasteiger partial charge is 0.441 e. The zero-order valence-electron chi connectivity index (χ0n) is 24.1. The fourth-order valence-corrected chi connectivity index (χ4v) is 7.50. The third-order valence-corrected chi connectivity index (χ3v) is 9.52. The number of nitrogens with one attached hydrogen (secondary N) is 1. The lowest BCUT2D eigenvalue weighted by Crippen LogP contribution is -2.51. The van der Waals surface area contributed by atoms with Crippen molar-refractivity contribution in [2.24, 2.45) is 0 Å². The molecule has 6 heterocycles. The van der Waals surface area contributed by atoms with Crippen molar-refractivity contribution < 1.29 is 24.2 Å². The van der Waals surface area contributed by atoms with Crippen LogP contribution in [0.1, 0.15) is 20.7 Å². The standard InChI is InChI=1S/C34H28N6O5/c41-23-17-39-21-9-3-1-7-19(21)26-28-29(33(43)36-32(28)42)27-20-8-2-4-10-22(20)40(31(27)30(26)39)18-24(23)45-34(44)38-15-13-37(14-16-38)25-11-5-6-12-35-25/h1-12,23-24,41H,13-18H2,(H,36,42,43). The normalized spacial score (nSPS) is 19.8. The Balaban J connectivity index is 1.17. The van der Waals surface area contributed by atoms with Crippen LogP contribution in [0.5, 0.6) is 0 Å². The van der Waals surface area contributed by atoms with E-state index < -0.39 is 30.1 Å². The topological polar surface area (TPSA) is 122 Å². The van der Waals surface area contributed by atoms with Crippen LogP contribution in [0.15, 0.2) is 72.9 Å².